The molecule has 7 heteroatoms. The van der Waals surface area contributed by atoms with E-state index in [4.69, 9.17) is 0 Å². The molecule has 0 radical (unpaired) electrons. The lowest BCUT2D eigenvalue weighted by Crippen LogP contribution is -2.23. The van der Waals surface area contributed by atoms with E-state index in [1.807, 2.05) is 66.1 Å². The molecular formula is C20H14BrN3OS2. The Labute approximate surface area is 173 Å². The van der Waals surface area contributed by atoms with Crippen LogP contribution in [0, 0.1) is 0 Å². The molecule has 3 aromatic rings. The molecule has 0 N–H and O–H groups in total. The number of hydrogen-bond donors (Lipinski definition) is 0. The Morgan fingerprint density at radius 2 is 1.96 bits per heavy atom. The van der Waals surface area contributed by atoms with Crippen molar-refractivity contribution in [3.8, 4) is 11.3 Å². The number of nitrogens with zero attached hydrogens (tertiary/aromatic N) is 3. The maximum absolute atomic E-state index is 12.5. The average Bonchev–Trinajstić information content (AvgIpc) is 3.24. The van der Waals surface area contributed by atoms with Gasteiger partial charge in [-0.2, -0.15) is 4.99 Å². The third-order valence-electron chi connectivity index (χ3n) is 3.90. The number of rotatable bonds is 3. The summed E-state index contributed by atoms with van der Waals surface area (Å²) in [4.78, 5) is 23.9. The predicted octanol–water partition coefficient (Wildman–Crippen LogP) is 5.81. The van der Waals surface area contributed by atoms with E-state index in [1.54, 1.807) is 11.9 Å². The van der Waals surface area contributed by atoms with E-state index >= 15 is 0 Å². The molecule has 0 saturated carbocycles. The number of carbonyl (C=O) groups excluding carboxylic acids is 1. The fraction of sp³-hybridized carbons (Fsp3) is 0.0500. The normalized spacial score (nSPS) is 17.3. The number of carbonyl (C=O) groups is 1. The van der Waals surface area contributed by atoms with Gasteiger partial charge in [0, 0.05) is 22.5 Å². The molecule has 4 rings (SSSR count). The van der Waals surface area contributed by atoms with Crippen LogP contribution in [0.3, 0.4) is 0 Å². The molecule has 0 unspecified atom stereocenters. The molecule has 1 saturated heterocycles. The van der Waals surface area contributed by atoms with Gasteiger partial charge in [-0.05, 0) is 35.5 Å². The van der Waals surface area contributed by atoms with Crippen molar-refractivity contribution >= 4 is 61.3 Å². The second kappa shape index (κ2) is 7.80. The molecule has 27 heavy (non-hydrogen) atoms. The Morgan fingerprint density at radius 3 is 2.74 bits per heavy atom. The average molecular weight is 456 g/mol. The molecule has 4 nitrogen and oxygen atoms in total. The largest absolute Gasteiger partial charge is 0.289 e. The number of aliphatic imine (C=N–C) groups is 1. The topological polar surface area (TPSA) is 45.6 Å². The highest BCUT2D eigenvalue weighted by Crippen LogP contribution is 2.35. The Balaban J connectivity index is 1.59. The van der Waals surface area contributed by atoms with Crippen LogP contribution in [0.5, 0.6) is 0 Å². The second-order valence-electron chi connectivity index (χ2n) is 5.81. The maximum Gasteiger partial charge on any atom is 0.266 e. The van der Waals surface area contributed by atoms with E-state index < -0.39 is 0 Å². The van der Waals surface area contributed by atoms with Gasteiger partial charge < -0.3 is 0 Å². The highest BCUT2D eigenvalue weighted by molar-refractivity contribution is 9.10. The van der Waals surface area contributed by atoms with Crippen molar-refractivity contribution in [1.82, 2.24) is 9.88 Å². The summed E-state index contributed by atoms with van der Waals surface area (Å²) < 4.78 is 0.978. The lowest BCUT2D eigenvalue weighted by Gasteiger charge is -2.05. The van der Waals surface area contributed by atoms with Gasteiger partial charge in [0.15, 0.2) is 5.17 Å². The first-order valence-corrected chi connectivity index (χ1v) is 10.6. The van der Waals surface area contributed by atoms with Crippen molar-refractivity contribution in [2.45, 2.75) is 0 Å². The third kappa shape index (κ3) is 4.05. The molecule has 0 spiro atoms. The Morgan fingerprint density at radius 1 is 1.15 bits per heavy atom. The van der Waals surface area contributed by atoms with Gasteiger partial charge in [-0.25, -0.2) is 4.98 Å². The van der Waals surface area contributed by atoms with Crippen LogP contribution in [0.4, 0.5) is 5.13 Å². The number of thioether (sulfide) groups is 1. The van der Waals surface area contributed by atoms with Crippen molar-refractivity contribution in [2.24, 2.45) is 4.99 Å². The molecule has 1 aliphatic rings. The Bertz CT molecular complexity index is 1060. The molecular weight excluding hydrogens is 442 g/mol. The highest BCUT2D eigenvalue weighted by Gasteiger charge is 2.30. The lowest BCUT2D eigenvalue weighted by molar-refractivity contribution is -0.121. The summed E-state index contributed by atoms with van der Waals surface area (Å²) in [5.74, 6) is -0.0569. The standard InChI is InChI=1S/C20H14BrN3OS2/c1-24-18(25)17(11-13-6-5-9-15(21)10-13)27-20(24)23-19-22-16(12-26-19)14-7-3-2-4-8-14/h2-12H,1H3/b17-11-,23-20+. The summed E-state index contributed by atoms with van der Waals surface area (Å²) in [5.41, 5.74) is 2.91. The number of amidine groups is 1. The molecule has 0 aliphatic carbocycles. The van der Waals surface area contributed by atoms with Crippen LogP contribution in [-0.4, -0.2) is 28.0 Å². The summed E-state index contributed by atoms with van der Waals surface area (Å²) in [6.07, 6.45) is 1.88. The second-order valence-corrected chi connectivity index (χ2v) is 8.57. The summed E-state index contributed by atoms with van der Waals surface area (Å²) >= 11 is 6.29. The number of aromatic nitrogens is 1. The zero-order chi connectivity index (χ0) is 18.8. The van der Waals surface area contributed by atoms with Crippen LogP contribution < -0.4 is 0 Å². The summed E-state index contributed by atoms with van der Waals surface area (Å²) in [5, 5.41) is 3.25. The van der Waals surface area contributed by atoms with E-state index in [-0.39, 0.29) is 5.91 Å². The SMILES string of the molecule is CN1C(=O)/C(=C/c2cccc(Br)c2)S/C1=N/c1nc(-c2ccccc2)cs1. The molecule has 1 amide bonds. The molecule has 1 aliphatic heterocycles. The molecule has 0 bridgehead atoms. The Hall–Kier alpha value is -2.22. The fourth-order valence-electron chi connectivity index (χ4n) is 2.54. The zero-order valence-electron chi connectivity index (χ0n) is 14.3. The quantitative estimate of drug-likeness (QED) is 0.468. The van der Waals surface area contributed by atoms with E-state index in [9.17, 15) is 4.79 Å². The van der Waals surface area contributed by atoms with Crippen LogP contribution in [-0.2, 0) is 4.79 Å². The number of hydrogen-bond acceptors (Lipinski definition) is 5. The van der Waals surface area contributed by atoms with E-state index in [0.29, 0.717) is 15.2 Å². The summed E-state index contributed by atoms with van der Waals surface area (Å²) in [7, 11) is 1.74. The van der Waals surface area contributed by atoms with E-state index in [0.717, 1.165) is 21.3 Å². The van der Waals surface area contributed by atoms with Gasteiger partial charge >= 0.3 is 0 Å². The van der Waals surface area contributed by atoms with Crippen LogP contribution in [0.25, 0.3) is 17.3 Å². The number of amides is 1. The van der Waals surface area contributed by atoms with Gasteiger partial charge in [0.1, 0.15) is 0 Å². The molecule has 0 atom stereocenters. The van der Waals surface area contributed by atoms with Gasteiger partial charge in [0.25, 0.3) is 5.91 Å². The van der Waals surface area contributed by atoms with Crippen molar-refractivity contribution in [2.75, 3.05) is 7.05 Å². The lowest BCUT2D eigenvalue weighted by atomic mass is 10.2. The monoisotopic (exact) mass is 455 g/mol. The maximum atomic E-state index is 12.5. The highest BCUT2D eigenvalue weighted by atomic mass is 79.9. The van der Waals surface area contributed by atoms with Gasteiger partial charge in [-0.1, -0.05) is 58.4 Å². The first kappa shape index (κ1) is 18.2. The molecule has 1 fully saturated rings. The first-order chi connectivity index (χ1) is 13.1. The van der Waals surface area contributed by atoms with Gasteiger partial charge in [0.2, 0.25) is 5.13 Å². The zero-order valence-corrected chi connectivity index (χ0v) is 17.5. The number of halogens is 1. The molecule has 2 heterocycles. The van der Waals surface area contributed by atoms with E-state index in [1.165, 1.54) is 23.1 Å². The van der Waals surface area contributed by atoms with Crippen molar-refractivity contribution < 1.29 is 4.79 Å². The fourth-order valence-corrected chi connectivity index (χ4v) is 4.68. The third-order valence-corrected chi connectivity index (χ3v) is 6.19. The van der Waals surface area contributed by atoms with Gasteiger partial charge in [-0.3, -0.25) is 9.69 Å². The van der Waals surface area contributed by atoms with Crippen LogP contribution in [0.15, 0.2) is 74.3 Å². The van der Waals surface area contributed by atoms with Crippen LogP contribution >= 0.6 is 39.0 Å². The minimum atomic E-state index is -0.0569. The first-order valence-electron chi connectivity index (χ1n) is 8.13. The molecule has 2 aromatic carbocycles. The van der Waals surface area contributed by atoms with Crippen molar-refractivity contribution in [3.05, 3.63) is 74.9 Å². The smallest absolute Gasteiger partial charge is 0.266 e. The van der Waals surface area contributed by atoms with Crippen LogP contribution in [0.1, 0.15) is 5.56 Å². The van der Waals surface area contributed by atoms with Crippen molar-refractivity contribution in [1.29, 1.82) is 0 Å². The number of likely N-dealkylation sites (N-methyl/N-ethyl adjacent to an activating group) is 1. The van der Waals surface area contributed by atoms with Crippen molar-refractivity contribution in [3.63, 3.8) is 0 Å². The van der Waals surface area contributed by atoms with E-state index in [2.05, 4.69) is 25.9 Å². The van der Waals surface area contributed by atoms with Crippen LogP contribution in [0.2, 0.25) is 0 Å². The predicted molar refractivity (Wildman–Crippen MR) is 117 cm³/mol. The van der Waals surface area contributed by atoms with Gasteiger partial charge in [0.05, 0.1) is 10.6 Å². The van der Waals surface area contributed by atoms with Gasteiger partial charge in [-0.15, -0.1) is 11.3 Å². The number of benzene rings is 2. The Kier molecular flexibility index (Phi) is 5.24. The molecule has 134 valence electrons. The molecule has 1 aromatic heterocycles. The summed E-state index contributed by atoms with van der Waals surface area (Å²) in [6, 6.07) is 17.8. The number of thiazole rings is 1. The summed E-state index contributed by atoms with van der Waals surface area (Å²) in [6.45, 7) is 0. The minimum absolute atomic E-state index is 0.0569. The minimum Gasteiger partial charge on any atom is -0.289 e.